The van der Waals surface area contributed by atoms with E-state index in [9.17, 15) is 0 Å². The van der Waals surface area contributed by atoms with Crippen molar-refractivity contribution >= 4 is 0 Å². The molecule has 2 aliphatic rings. The molecule has 0 unspecified atom stereocenters. The van der Waals surface area contributed by atoms with Crippen LogP contribution in [-0.4, -0.2) is 24.9 Å². The number of fused-ring (bicyclic) bond motifs is 12. The summed E-state index contributed by atoms with van der Waals surface area (Å²) in [5.74, 6) is 1.80. The molecule has 10 rings (SSSR count). The second kappa shape index (κ2) is 10.7. The first-order valence-electron chi connectivity index (χ1n) is 16.4. The van der Waals surface area contributed by atoms with Gasteiger partial charge in [-0.1, -0.05) is 109 Å². The summed E-state index contributed by atoms with van der Waals surface area (Å²) in [7, 11) is 0. The van der Waals surface area contributed by atoms with Crippen LogP contribution in [0, 0.1) is 0 Å². The van der Waals surface area contributed by atoms with Crippen molar-refractivity contribution in [3.8, 4) is 67.5 Å². The third kappa shape index (κ3) is 4.02. The molecule has 8 aromatic rings. The third-order valence-corrected chi connectivity index (χ3v) is 9.99. The highest BCUT2D eigenvalue weighted by Crippen LogP contribution is 2.61. The van der Waals surface area contributed by atoms with Crippen LogP contribution in [0.15, 0.2) is 164 Å². The predicted molar refractivity (Wildman–Crippen MR) is 193 cm³/mol. The number of hydrogen-bond donors (Lipinski definition) is 0. The average Bonchev–Trinajstić information content (AvgIpc) is 3.43. The van der Waals surface area contributed by atoms with E-state index in [4.69, 9.17) is 15.0 Å². The summed E-state index contributed by atoms with van der Waals surface area (Å²) < 4.78 is 0. The highest BCUT2D eigenvalue weighted by atomic mass is 15.0. The molecule has 49 heavy (non-hydrogen) atoms. The van der Waals surface area contributed by atoms with E-state index < -0.39 is 5.41 Å². The Morgan fingerprint density at radius 3 is 1.16 bits per heavy atom. The number of rotatable bonds is 3. The molecular weight excluding hydrogens is 599 g/mol. The Morgan fingerprint density at radius 2 is 0.673 bits per heavy atom. The molecule has 2 aliphatic carbocycles. The lowest BCUT2D eigenvalue weighted by molar-refractivity contribution is 0.775. The topological polar surface area (TPSA) is 64.5 Å². The lowest BCUT2D eigenvalue weighted by atomic mass is 9.66. The van der Waals surface area contributed by atoms with Crippen molar-refractivity contribution in [1.82, 2.24) is 24.9 Å². The molecule has 0 N–H and O–H groups in total. The van der Waals surface area contributed by atoms with Gasteiger partial charge in [0.05, 0.1) is 5.41 Å². The molecule has 1 spiro atoms. The molecule has 0 radical (unpaired) electrons. The van der Waals surface area contributed by atoms with Crippen molar-refractivity contribution in [2.75, 3.05) is 0 Å². The Morgan fingerprint density at radius 1 is 0.306 bits per heavy atom. The minimum absolute atomic E-state index is 0.528. The monoisotopic (exact) mass is 625 g/mol. The zero-order valence-electron chi connectivity index (χ0n) is 26.3. The summed E-state index contributed by atoms with van der Waals surface area (Å²) >= 11 is 0. The Hall–Kier alpha value is -6.59. The highest BCUT2D eigenvalue weighted by Gasteiger charge is 2.49. The van der Waals surface area contributed by atoms with Gasteiger partial charge in [0.25, 0.3) is 0 Å². The summed E-state index contributed by atoms with van der Waals surface area (Å²) in [6.07, 6.45) is 7.05. The van der Waals surface area contributed by atoms with Crippen LogP contribution in [-0.2, 0) is 5.41 Å². The van der Waals surface area contributed by atoms with Crippen LogP contribution < -0.4 is 0 Å². The molecule has 5 nitrogen and oxygen atoms in total. The van der Waals surface area contributed by atoms with Crippen LogP contribution in [0.4, 0.5) is 0 Å². The molecule has 0 aliphatic heterocycles. The highest BCUT2D eigenvalue weighted by molar-refractivity contribution is 5.97. The van der Waals surface area contributed by atoms with Gasteiger partial charge in [-0.2, -0.15) is 0 Å². The molecule has 0 saturated carbocycles. The van der Waals surface area contributed by atoms with Crippen molar-refractivity contribution in [2.45, 2.75) is 5.41 Å². The van der Waals surface area contributed by atoms with Gasteiger partial charge in [-0.25, -0.2) is 15.0 Å². The molecule has 3 heterocycles. The maximum absolute atomic E-state index is 5.06. The van der Waals surface area contributed by atoms with Gasteiger partial charge in [-0.15, -0.1) is 0 Å². The van der Waals surface area contributed by atoms with Gasteiger partial charge < -0.3 is 0 Å². The van der Waals surface area contributed by atoms with Crippen molar-refractivity contribution in [3.63, 3.8) is 0 Å². The van der Waals surface area contributed by atoms with E-state index in [0.717, 1.165) is 22.3 Å². The van der Waals surface area contributed by atoms with Crippen molar-refractivity contribution in [1.29, 1.82) is 0 Å². The standard InChI is InChI=1S/C44H27N5/c1-2-10-32-31(9-1)33-11-3-6-14-37(33)44(38-15-7-4-12-34(38)35-13-5-8-16-39(35)44)40-18-17-30(27-36(32)40)43-48-41(28-19-23-45-24-20-28)47-42(49-43)29-21-25-46-26-22-29/h1-27H. The Labute approximate surface area is 283 Å². The summed E-state index contributed by atoms with van der Waals surface area (Å²) in [5, 5.41) is 0. The van der Waals surface area contributed by atoms with E-state index >= 15 is 0 Å². The second-order valence-electron chi connectivity index (χ2n) is 12.5. The normalized spacial score (nSPS) is 13.1. The summed E-state index contributed by atoms with van der Waals surface area (Å²) in [5.41, 5.74) is 14.6. The molecule has 3 aromatic heterocycles. The molecule has 5 heteroatoms. The number of benzene rings is 5. The molecule has 0 saturated heterocycles. The first kappa shape index (κ1) is 27.5. The lowest BCUT2D eigenvalue weighted by Crippen LogP contribution is -2.29. The number of hydrogen-bond acceptors (Lipinski definition) is 5. The van der Waals surface area contributed by atoms with Crippen LogP contribution in [0.25, 0.3) is 67.5 Å². The van der Waals surface area contributed by atoms with Gasteiger partial charge in [0, 0.05) is 41.5 Å². The summed E-state index contributed by atoms with van der Waals surface area (Å²) in [4.78, 5) is 23.5. The maximum atomic E-state index is 5.06. The van der Waals surface area contributed by atoms with E-state index in [1.807, 2.05) is 24.3 Å². The van der Waals surface area contributed by atoms with Gasteiger partial charge in [-0.3, -0.25) is 9.97 Å². The van der Waals surface area contributed by atoms with Gasteiger partial charge >= 0.3 is 0 Å². The Kier molecular flexibility index (Phi) is 6.02. The number of aromatic nitrogens is 5. The molecular formula is C44H27N5. The largest absolute Gasteiger partial charge is 0.265 e. The smallest absolute Gasteiger partial charge is 0.164 e. The van der Waals surface area contributed by atoms with E-state index in [2.05, 4.69) is 125 Å². The van der Waals surface area contributed by atoms with E-state index in [-0.39, 0.29) is 0 Å². The fraction of sp³-hybridized carbons (Fsp3) is 0.0227. The maximum Gasteiger partial charge on any atom is 0.164 e. The minimum atomic E-state index is -0.528. The van der Waals surface area contributed by atoms with Gasteiger partial charge in [0.15, 0.2) is 17.5 Å². The lowest BCUT2D eigenvalue weighted by Gasteiger charge is -2.35. The van der Waals surface area contributed by atoms with Crippen molar-refractivity contribution < 1.29 is 0 Å². The first-order valence-corrected chi connectivity index (χ1v) is 16.4. The minimum Gasteiger partial charge on any atom is -0.265 e. The number of nitrogens with zero attached hydrogens (tertiary/aromatic N) is 5. The van der Waals surface area contributed by atoms with E-state index in [1.54, 1.807) is 24.8 Å². The molecule has 228 valence electrons. The molecule has 5 aromatic carbocycles. The quantitative estimate of drug-likeness (QED) is 0.196. The molecule has 0 fully saturated rings. The van der Waals surface area contributed by atoms with Gasteiger partial charge in [0.2, 0.25) is 0 Å². The van der Waals surface area contributed by atoms with E-state index in [0.29, 0.717) is 17.5 Å². The fourth-order valence-corrected chi connectivity index (χ4v) is 7.96. The molecule has 0 amide bonds. The van der Waals surface area contributed by atoms with Gasteiger partial charge in [-0.05, 0) is 86.0 Å². The van der Waals surface area contributed by atoms with Crippen LogP contribution in [0.3, 0.4) is 0 Å². The van der Waals surface area contributed by atoms with Crippen LogP contribution in [0.5, 0.6) is 0 Å². The summed E-state index contributed by atoms with van der Waals surface area (Å²) in [6, 6.07) is 50.0. The average molecular weight is 626 g/mol. The third-order valence-electron chi connectivity index (χ3n) is 9.99. The van der Waals surface area contributed by atoms with Gasteiger partial charge in [0.1, 0.15) is 0 Å². The SMILES string of the molecule is c1ccc2c(c1)-c1ccccc1C1(c3ccc(-c4nc(-c5ccncc5)nc(-c5ccncc5)n4)cc3-2)c2ccccc2-c2ccccc21. The fourth-order valence-electron chi connectivity index (χ4n) is 7.96. The number of pyridine rings is 2. The first-order chi connectivity index (χ1) is 24.3. The molecule has 0 bridgehead atoms. The van der Waals surface area contributed by atoms with E-state index in [1.165, 1.54) is 50.1 Å². The van der Waals surface area contributed by atoms with Crippen LogP contribution >= 0.6 is 0 Å². The Balaban J connectivity index is 1.29. The zero-order valence-corrected chi connectivity index (χ0v) is 26.3. The Bertz CT molecular complexity index is 2460. The predicted octanol–water partition coefficient (Wildman–Crippen LogP) is 9.67. The zero-order chi connectivity index (χ0) is 32.4. The van der Waals surface area contributed by atoms with Crippen LogP contribution in [0.1, 0.15) is 22.3 Å². The summed E-state index contributed by atoms with van der Waals surface area (Å²) in [6.45, 7) is 0. The second-order valence-corrected chi connectivity index (χ2v) is 12.5. The van der Waals surface area contributed by atoms with Crippen LogP contribution in [0.2, 0.25) is 0 Å². The molecule has 0 atom stereocenters. The van der Waals surface area contributed by atoms with Crippen molar-refractivity contribution in [2.24, 2.45) is 0 Å². The van der Waals surface area contributed by atoms with Crippen molar-refractivity contribution in [3.05, 3.63) is 187 Å².